The van der Waals surface area contributed by atoms with Gasteiger partial charge in [-0.3, -0.25) is 4.79 Å². The summed E-state index contributed by atoms with van der Waals surface area (Å²) < 4.78 is 0. The molecule has 0 fully saturated rings. The number of H-pyrrole nitrogens is 1. The minimum absolute atomic E-state index is 0. The van der Waals surface area contributed by atoms with E-state index in [1.807, 2.05) is 20.8 Å². The Hall–Kier alpha value is -0.780. The van der Waals surface area contributed by atoms with Crippen LogP contribution in [0.4, 0.5) is 0 Å². The Morgan fingerprint density at radius 3 is 2.37 bits per heavy atom. The van der Waals surface area contributed by atoms with E-state index in [0.717, 1.165) is 24.2 Å². The molecule has 1 amide bonds. The van der Waals surface area contributed by atoms with Crippen LogP contribution < -0.4 is 11.1 Å². The highest BCUT2D eigenvalue weighted by Crippen LogP contribution is 2.25. The van der Waals surface area contributed by atoms with E-state index in [4.69, 9.17) is 5.73 Å². The zero-order valence-electron chi connectivity index (χ0n) is 11.7. The van der Waals surface area contributed by atoms with Gasteiger partial charge in [0.05, 0.1) is 24.0 Å². The van der Waals surface area contributed by atoms with Crippen LogP contribution in [0.15, 0.2) is 6.33 Å². The maximum absolute atomic E-state index is 12.1. The fraction of sp³-hybridized carbons (Fsp3) is 0.667. The first-order valence-electron chi connectivity index (χ1n) is 6.06. The largest absolute Gasteiger partial charge is 0.350 e. The first-order chi connectivity index (χ1) is 8.09. The number of hydrogen-bond donors (Lipinski definition) is 3. The number of halogens is 2. The second-order valence-electron chi connectivity index (χ2n) is 4.35. The van der Waals surface area contributed by atoms with Gasteiger partial charge in [-0.1, -0.05) is 13.8 Å². The smallest absolute Gasteiger partial charge is 0.227 e. The molecule has 0 unspecified atom stereocenters. The second kappa shape index (κ2) is 9.18. The molecule has 0 aliphatic carbocycles. The standard InChI is InChI=1S/C12H22N4O.2ClH/c1-4-12(5-2,7-13)11(17)14-6-10-9(3)15-8-16-10;;/h8H,4-7,13H2,1-3H3,(H,14,17)(H,15,16);2*1H. The average Bonchev–Trinajstić information content (AvgIpc) is 2.75. The molecule has 0 aliphatic rings. The van der Waals surface area contributed by atoms with E-state index < -0.39 is 5.41 Å². The van der Waals surface area contributed by atoms with Gasteiger partial charge in [0.25, 0.3) is 0 Å². The molecular weight excluding hydrogens is 287 g/mol. The summed E-state index contributed by atoms with van der Waals surface area (Å²) in [5, 5.41) is 2.92. The van der Waals surface area contributed by atoms with Crippen LogP contribution in [0.3, 0.4) is 0 Å². The first-order valence-corrected chi connectivity index (χ1v) is 6.06. The molecule has 0 bridgehead atoms. The van der Waals surface area contributed by atoms with Gasteiger partial charge in [-0.25, -0.2) is 4.98 Å². The van der Waals surface area contributed by atoms with E-state index in [-0.39, 0.29) is 30.7 Å². The highest BCUT2D eigenvalue weighted by Gasteiger charge is 2.33. The van der Waals surface area contributed by atoms with E-state index in [0.29, 0.717) is 13.1 Å². The van der Waals surface area contributed by atoms with Gasteiger partial charge in [-0.15, -0.1) is 24.8 Å². The van der Waals surface area contributed by atoms with Gasteiger partial charge in [0.2, 0.25) is 5.91 Å². The molecule has 1 heterocycles. The third-order valence-electron chi connectivity index (χ3n) is 3.58. The fourth-order valence-corrected chi connectivity index (χ4v) is 1.87. The number of nitrogens with one attached hydrogen (secondary N) is 2. The molecule has 0 aromatic carbocycles. The maximum atomic E-state index is 12.1. The van der Waals surface area contributed by atoms with E-state index in [2.05, 4.69) is 15.3 Å². The first kappa shape index (κ1) is 20.5. The third kappa shape index (κ3) is 4.67. The number of carbonyl (C=O) groups excluding carboxylic acids is 1. The number of hydrogen-bond acceptors (Lipinski definition) is 3. The number of aryl methyl sites for hydroxylation is 1. The summed E-state index contributed by atoms with van der Waals surface area (Å²) in [7, 11) is 0. The molecule has 1 aromatic heterocycles. The number of nitrogens with two attached hydrogens (primary N) is 1. The lowest BCUT2D eigenvalue weighted by molar-refractivity contribution is -0.131. The summed E-state index contributed by atoms with van der Waals surface area (Å²) in [4.78, 5) is 19.3. The molecule has 112 valence electrons. The lowest BCUT2D eigenvalue weighted by Crippen LogP contribution is -2.45. The number of aromatic nitrogens is 2. The second-order valence-corrected chi connectivity index (χ2v) is 4.35. The van der Waals surface area contributed by atoms with Crippen molar-refractivity contribution in [3.05, 3.63) is 17.7 Å². The van der Waals surface area contributed by atoms with Crippen LogP contribution in [-0.2, 0) is 11.3 Å². The lowest BCUT2D eigenvalue weighted by Gasteiger charge is -2.28. The molecule has 0 saturated carbocycles. The Balaban J connectivity index is 0. The maximum Gasteiger partial charge on any atom is 0.227 e. The van der Waals surface area contributed by atoms with Gasteiger partial charge >= 0.3 is 0 Å². The highest BCUT2D eigenvalue weighted by molar-refractivity contribution is 5.85. The number of aromatic amines is 1. The third-order valence-corrected chi connectivity index (χ3v) is 3.58. The van der Waals surface area contributed by atoms with Crippen molar-refractivity contribution in [2.45, 2.75) is 40.2 Å². The van der Waals surface area contributed by atoms with Gasteiger partial charge in [-0.05, 0) is 19.8 Å². The fourth-order valence-electron chi connectivity index (χ4n) is 1.87. The van der Waals surface area contributed by atoms with Gasteiger partial charge in [0.15, 0.2) is 0 Å². The highest BCUT2D eigenvalue weighted by atomic mass is 35.5. The van der Waals surface area contributed by atoms with Crippen molar-refractivity contribution in [2.24, 2.45) is 11.1 Å². The van der Waals surface area contributed by atoms with Crippen molar-refractivity contribution < 1.29 is 4.79 Å². The zero-order chi connectivity index (χ0) is 12.9. The van der Waals surface area contributed by atoms with E-state index in [1.54, 1.807) is 6.33 Å². The molecule has 1 rings (SSSR count). The van der Waals surface area contributed by atoms with E-state index in [9.17, 15) is 4.79 Å². The van der Waals surface area contributed by atoms with Crippen LogP contribution in [-0.4, -0.2) is 22.4 Å². The van der Waals surface area contributed by atoms with Crippen molar-refractivity contribution in [2.75, 3.05) is 6.54 Å². The van der Waals surface area contributed by atoms with Crippen LogP contribution in [0.1, 0.15) is 38.1 Å². The Morgan fingerprint density at radius 2 is 2.00 bits per heavy atom. The summed E-state index contributed by atoms with van der Waals surface area (Å²) in [5.74, 6) is 0.0207. The number of amides is 1. The minimum Gasteiger partial charge on any atom is -0.350 e. The Bertz CT molecular complexity index is 369. The number of nitrogens with zero attached hydrogens (tertiary/aromatic N) is 1. The van der Waals surface area contributed by atoms with Crippen molar-refractivity contribution in [1.29, 1.82) is 0 Å². The molecular formula is C12H24Cl2N4O. The quantitative estimate of drug-likeness (QED) is 0.751. The summed E-state index contributed by atoms with van der Waals surface area (Å²) in [6.45, 7) is 6.76. The predicted octanol–water partition coefficient (Wildman–Crippen LogP) is 1.94. The van der Waals surface area contributed by atoms with Crippen LogP contribution in [0.5, 0.6) is 0 Å². The van der Waals surface area contributed by atoms with Crippen molar-refractivity contribution in [1.82, 2.24) is 15.3 Å². The molecule has 0 aliphatic heterocycles. The average molecular weight is 311 g/mol. The van der Waals surface area contributed by atoms with Crippen molar-refractivity contribution in [3.8, 4) is 0 Å². The van der Waals surface area contributed by atoms with Crippen LogP contribution in [0, 0.1) is 12.3 Å². The molecule has 0 atom stereocenters. The Morgan fingerprint density at radius 1 is 1.42 bits per heavy atom. The van der Waals surface area contributed by atoms with Gasteiger partial charge in [-0.2, -0.15) is 0 Å². The summed E-state index contributed by atoms with van der Waals surface area (Å²) in [5.41, 5.74) is 7.14. The predicted molar refractivity (Wildman–Crippen MR) is 81.7 cm³/mol. The molecule has 19 heavy (non-hydrogen) atoms. The topological polar surface area (TPSA) is 83.8 Å². The number of rotatable bonds is 6. The molecule has 1 aromatic rings. The minimum atomic E-state index is -0.440. The SMILES string of the molecule is CCC(CC)(CN)C(=O)NCc1nc[nH]c1C.Cl.Cl. The van der Waals surface area contributed by atoms with Crippen LogP contribution in [0.2, 0.25) is 0 Å². The Kier molecular flexibility index (Phi) is 9.92. The van der Waals surface area contributed by atoms with E-state index in [1.165, 1.54) is 0 Å². The van der Waals surface area contributed by atoms with Crippen LogP contribution >= 0.6 is 24.8 Å². The summed E-state index contributed by atoms with van der Waals surface area (Å²) in [6, 6.07) is 0. The van der Waals surface area contributed by atoms with E-state index >= 15 is 0 Å². The number of imidazole rings is 1. The molecule has 4 N–H and O–H groups in total. The normalized spacial score (nSPS) is 10.3. The summed E-state index contributed by atoms with van der Waals surface area (Å²) >= 11 is 0. The van der Waals surface area contributed by atoms with Gasteiger partial charge in [0.1, 0.15) is 0 Å². The van der Waals surface area contributed by atoms with Gasteiger partial charge < -0.3 is 16.0 Å². The molecule has 0 radical (unpaired) electrons. The molecule has 0 saturated heterocycles. The monoisotopic (exact) mass is 310 g/mol. The lowest BCUT2D eigenvalue weighted by atomic mass is 9.81. The molecule has 0 spiro atoms. The van der Waals surface area contributed by atoms with Crippen molar-refractivity contribution >= 4 is 30.7 Å². The van der Waals surface area contributed by atoms with Gasteiger partial charge in [0, 0.05) is 12.2 Å². The van der Waals surface area contributed by atoms with Crippen LogP contribution in [0.25, 0.3) is 0 Å². The summed E-state index contributed by atoms with van der Waals surface area (Å²) in [6.07, 6.45) is 3.14. The zero-order valence-corrected chi connectivity index (χ0v) is 13.3. The molecule has 5 nitrogen and oxygen atoms in total. The molecule has 7 heteroatoms. The number of carbonyl (C=O) groups is 1. The van der Waals surface area contributed by atoms with Crippen molar-refractivity contribution in [3.63, 3.8) is 0 Å². The Labute approximate surface area is 127 Å².